The summed E-state index contributed by atoms with van der Waals surface area (Å²) in [5.41, 5.74) is 0.824. The Kier molecular flexibility index (Phi) is 5.99. The molecule has 1 aromatic rings. The summed E-state index contributed by atoms with van der Waals surface area (Å²) in [6.45, 7) is 4.28. The van der Waals surface area contributed by atoms with E-state index in [2.05, 4.69) is 10.6 Å². The van der Waals surface area contributed by atoms with Crippen molar-refractivity contribution in [3.63, 3.8) is 0 Å². The zero-order chi connectivity index (χ0) is 14.3. The molecule has 0 spiro atoms. The predicted octanol–water partition coefficient (Wildman–Crippen LogP) is 0.952. The predicted molar refractivity (Wildman–Crippen MR) is 76.9 cm³/mol. The minimum absolute atomic E-state index is 0.0303. The Morgan fingerprint density at radius 3 is 2.47 bits per heavy atom. The van der Waals surface area contributed by atoms with Crippen molar-refractivity contribution in [1.29, 1.82) is 0 Å². The highest BCUT2D eigenvalue weighted by Crippen LogP contribution is 2.21. The van der Waals surface area contributed by atoms with E-state index in [0.29, 0.717) is 13.0 Å². The number of benzene rings is 1. The van der Waals surface area contributed by atoms with Gasteiger partial charge in [0.15, 0.2) is 0 Å². The van der Waals surface area contributed by atoms with Gasteiger partial charge in [-0.1, -0.05) is 30.3 Å². The minimum Gasteiger partial charge on any atom is -0.395 e. The molecule has 0 aromatic heterocycles. The molecule has 0 aliphatic heterocycles. The molecule has 0 aliphatic rings. The van der Waals surface area contributed by atoms with Crippen LogP contribution in [0.3, 0.4) is 0 Å². The van der Waals surface area contributed by atoms with Crippen LogP contribution in [0.5, 0.6) is 0 Å². The molecule has 0 unspecified atom stereocenters. The van der Waals surface area contributed by atoms with Gasteiger partial charge in [-0.3, -0.25) is 4.79 Å². The number of amides is 1. The highest BCUT2D eigenvalue weighted by Gasteiger charge is 2.33. The topological polar surface area (TPSA) is 61.4 Å². The maximum Gasteiger partial charge on any atom is 0.225 e. The van der Waals surface area contributed by atoms with Gasteiger partial charge in [0.05, 0.1) is 12.5 Å². The second-order valence-corrected chi connectivity index (χ2v) is 5.23. The first kappa shape index (κ1) is 15.7. The van der Waals surface area contributed by atoms with E-state index in [0.717, 1.165) is 5.56 Å². The quantitative estimate of drug-likeness (QED) is 0.687. The zero-order valence-corrected chi connectivity index (χ0v) is 11.9. The summed E-state index contributed by atoms with van der Waals surface area (Å²) in [7, 11) is 1.86. The van der Waals surface area contributed by atoms with Gasteiger partial charge in [-0.25, -0.2) is 0 Å². The van der Waals surface area contributed by atoms with E-state index in [9.17, 15) is 4.79 Å². The van der Waals surface area contributed by atoms with Crippen LogP contribution in [0, 0.1) is 5.92 Å². The molecular formula is C15H24N2O2. The molecule has 106 valence electrons. The first-order valence-corrected chi connectivity index (χ1v) is 6.62. The average Bonchev–Trinajstić information content (AvgIpc) is 2.43. The van der Waals surface area contributed by atoms with Gasteiger partial charge < -0.3 is 15.7 Å². The lowest BCUT2D eigenvalue weighted by Gasteiger charge is -2.33. The Bertz CT molecular complexity index is 390. The Morgan fingerprint density at radius 2 is 1.95 bits per heavy atom. The van der Waals surface area contributed by atoms with Crippen molar-refractivity contribution in [2.75, 3.05) is 20.2 Å². The lowest BCUT2D eigenvalue weighted by molar-refractivity contribution is -0.127. The van der Waals surface area contributed by atoms with E-state index in [1.807, 2.05) is 51.2 Å². The molecule has 4 nitrogen and oxygen atoms in total. The van der Waals surface area contributed by atoms with Gasteiger partial charge in [-0.2, -0.15) is 0 Å². The van der Waals surface area contributed by atoms with E-state index < -0.39 is 0 Å². The maximum atomic E-state index is 12.2. The van der Waals surface area contributed by atoms with Gasteiger partial charge in [0, 0.05) is 12.1 Å². The van der Waals surface area contributed by atoms with Crippen molar-refractivity contribution in [1.82, 2.24) is 10.6 Å². The fourth-order valence-corrected chi connectivity index (χ4v) is 2.00. The number of hydrogen-bond acceptors (Lipinski definition) is 3. The molecule has 4 heteroatoms. The average molecular weight is 264 g/mol. The molecule has 1 atom stereocenters. The number of hydrogen-bond donors (Lipinski definition) is 3. The molecule has 0 saturated heterocycles. The normalized spacial score (nSPS) is 13.1. The van der Waals surface area contributed by atoms with Gasteiger partial charge in [0.1, 0.15) is 0 Å². The molecule has 3 N–H and O–H groups in total. The van der Waals surface area contributed by atoms with Crippen LogP contribution >= 0.6 is 0 Å². The zero-order valence-electron chi connectivity index (χ0n) is 11.9. The molecular weight excluding hydrogens is 240 g/mol. The monoisotopic (exact) mass is 264 g/mol. The van der Waals surface area contributed by atoms with Crippen LogP contribution in [0.25, 0.3) is 0 Å². The minimum atomic E-state index is -0.310. The van der Waals surface area contributed by atoms with Gasteiger partial charge in [-0.15, -0.1) is 0 Å². The van der Waals surface area contributed by atoms with Crippen molar-refractivity contribution < 1.29 is 9.90 Å². The van der Waals surface area contributed by atoms with E-state index >= 15 is 0 Å². The Labute approximate surface area is 115 Å². The van der Waals surface area contributed by atoms with Crippen LogP contribution in [0.2, 0.25) is 0 Å². The molecule has 1 amide bonds. The van der Waals surface area contributed by atoms with Crippen LogP contribution in [-0.2, 0) is 11.2 Å². The third-order valence-electron chi connectivity index (χ3n) is 3.53. The summed E-state index contributed by atoms with van der Waals surface area (Å²) < 4.78 is 0. The van der Waals surface area contributed by atoms with Gasteiger partial charge in [0.2, 0.25) is 5.91 Å². The third-order valence-corrected chi connectivity index (χ3v) is 3.53. The summed E-state index contributed by atoms with van der Waals surface area (Å²) in [5, 5.41) is 14.8. The summed E-state index contributed by atoms with van der Waals surface area (Å²) in [6, 6.07) is 9.97. The summed E-state index contributed by atoms with van der Waals surface area (Å²) >= 11 is 0. The van der Waals surface area contributed by atoms with Crippen LogP contribution in [0.1, 0.15) is 19.4 Å². The molecule has 0 radical (unpaired) electrons. The van der Waals surface area contributed by atoms with Crippen LogP contribution in [-0.4, -0.2) is 36.8 Å². The number of carbonyl (C=O) groups excluding carboxylic acids is 1. The maximum absolute atomic E-state index is 12.2. The third kappa shape index (κ3) is 4.65. The molecule has 0 heterocycles. The van der Waals surface area contributed by atoms with E-state index in [1.165, 1.54) is 0 Å². The summed E-state index contributed by atoms with van der Waals surface area (Å²) in [4.78, 5) is 12.2. The number of carbonyl (C=O) groups is 1. The molecule has 0 bridgehead atoms. The van der Waals surface area contributed by atoms with E-state index in [-0.39, 0.29) is 24.0 Å². The van der Waals surface area contributed by atoms with Crippen molar-refractivity contribution in [2.45, 2.75) is 25.8 Å². The lowest BCUT2D eigenvalue weighted by Crippen LogP contribution is -2.52. The van der Waals surface area contributed by atoms with Crippen molar-refractivity contribution in [3.05, 3.63) is 35.9 Å². The van der Waals surface area contributed by atoms with E-state index in [1.54, 1.807) is 0 Å². The van der Waals surface area contributed by atoms with Gasteiger partial charge >= 0.3 is 0 Å². The fourth-order valence-electron chi connectivity index (χ4n) is 2.00. The summed E-state index contributed by atoms with van der Waals surface area (Å²) in [6.07, 6.45) is 0.673. The van der Waals surface area contributed by atoms with Gasteiger partial charge in [-0.05, 0) is 32.9 Å². The first-order chi connectivity index (χ1) is 9.01. The van der Waals surface area contributed by atoms with Crippen LogP contribution in [0.15, 0.2) is 30.3 Å². The van der Waals surface area contributed by atoms with Crippen molar-refractivity contribution in [3.8, 4) is 0 Å². The SMILES string of the molecule is CNC(C)(C)[C@@H](Cc1ccccc1)C(=O)NCCO. The second kappa shape index (κ2) is 7.26. The Hall–Kier alpha value is -1.39. The van der Waals surface area contributed by atoms with Crippen molar-refractivity contribution >= 4 is 5.91 Å². The van der Waals surface area contributed by atoms with E-state index in [4.69, 9.17) is 5.11 Å². The number of rotatable bonds is 7. The van der Waals surface area contributed by atoms with Crippen molar-refractivity contribution in [2.24, 2.45) is 5.92 Å². The molecule has 1 aromatic carbocycles. The molecule has 0 fully saturated rings. The first-order valence-electron chi connectivity index (χ1n) is 6.62. The molecule has 0 aliphatic carbocycles. The Balaban J connectivity index is 2.84. The van der Waals surface area contributed by atoms with Crippen LogP contribution < -0.4 is 10.6 Å². The largest absolute Gasteiger partial charge is 0.395 e. The number of aliphatic hydroxyl groups is 1. The standard InChI is InChI=1S/C15H24N2O2/c1-15(2,16-3)13(14(19)17-9-10-18)11-12-7-5-4-6-8-12/h4-8,13,16,18H,9-11H2,1-3H3,(H,17,19)/t13-/m0/s1. The highest BCUT2D eigenvalue weighted by atomic mass is 16.3. The summed E-state index contributed by atoms with van der Waals surface area (Å²) in [5.74, 6) is -0.219. The molecule has 0 saturated carbocycles. The second-order valence-electron chi connectivity index (χ2n) is 5.23. The Morgan fingerprint density at radius 1 is 1.32 bits per heavy atom. The fraction of sp³-hybridized carbons (Fsp3) is 0.533. The molecule has 19 heavy (non-hydrogen) atoms. The number of aliphatic hydroxyl groups excluding tert-OH is 1. The smallest absolute Gasteiger partial charge is 0.225 e. The highest BCUT2D eigenvalue weighted by molar-refractivity contribution is 5.80. The van der Waals surface area contributed by atoms with Crippen LogP contribution in [0.4, 0.5) is 0 Å². The lowest BCUT2D eigenvalue weighted by atomic mass is 9.82. The van der Waals surface area contributed by atoms with Gasteiger partial charge in [0.25, 0.3) is 0 Å². The number of nitrogens with one attached hydrogen (secondary N) is 2. The molecule has 1 rings (SSSR count).